The lowest BCUT2D eigenvalue weighted by molar-refractivity contribution is -0.230. The van der Waals surface area contributed by atoms with Crippen LogP contribution in [0.5, 0.6) is 5.75 Å². The number of rotatable bonds is 5. The molecule has 3 unspecified atom stereocenters. The Bertz CT molecular complexity index is 1670. The molecular weight excluding hydrogens is 564 g/mol. The van der Waals surface area contributed by atoms with Gasteiger partial charge in [0.05, 0.1) is 18.2 Å². The van der Waals surface area contributed by atoms with E-state index in [0.717, 1.165) is 18.1 Å². The number of ether oxygens (including phenoxy) is 1. The van der Waals surface area contributed by atoms with Crippen molar-refractivity contribution in [2.45, 2.75) is 55.3 Å². The number of para-hydroxylation sites is 1. The number of hydrogen-bond acceptors (Lipinski definition) is 13. The number of aliphatic imine (C=N–C) groups is 2. The van der Waals surface area contributed by atoms with Crippen LogP contribution in [0.2, 0.25) is 0 Å². The minimum Gasteiger partial charge on any atom is -0.492 e. The van der Waals surface area contributed by atoms with E-state index in [1.54, 1.807) is 12.1 Å². The maximum atomic E-state index is 13.6. The fourth-order valence-corrected chi connectivity index (χ4v) is 6.32. The molecule has 43 heavy (non-hydrogen) atoms. The highest BCUT2D eigenvalue weighted by atomic mass is 16.5. The molecule has 4 atom stereocenters. The second-order valence-corrected chi connectivity index (χ2v) is 11.6. The molecule has 1 fully saturated rings. The van der Waals surface area contributed by atoms with Gasteiger partial charge in [-0.2, -0.15) is 0 Å². The van der Waals surface area contributed by atoms with Crippen LogP contribution in [0.3, 0.4) is 0 Å². The van der Waals surface area contributed by atoms with Crippen LogP contribution in [0, 0.1) is 0 Å². The number of fused-ring (bicyclic) bond motifs is 1. The summed E-state index contributed by atoms with van der Waals surface area (Å²) in [6, 6.07) is 2.81. The van der Waals surface area contributed by atoms with E-state index < -0.39 is 52.6 Å². The van der Waals surface area contributed by atoms with Crippen LogP contribution in [-0.2, 0) is 5.41 Å². The molecule has 6 rings (SSSR count). The van der Waals surface area contributed by atoms with Crippen LogP contribution in [0.4, 0.5) is 0 Å². The summed E-state index contributed by atoms with van der Waals surface area (Å²) in [5.41, 5.74) is 9.44. The topological polar surface area (TPSA) is 266 Å². The summed E-state index contributed by atoms with van der Waals surface area (Å²) in [6.07, 6.45) is 0.776. The van der Waals surface area contributed by atoms with Crippen molar-refractivity contribution in [3.8, 4) is 5.75 Å². The highest BCUT2D eigenvalue weighted by Crippen LogP contribution is 2.45. The van der Waals surface area contributed by atoms with Crippen LogP contribution < -0.4 is 43.4 Å². The van der Waals surface area contributed by atoms with E-state index >= 15 is 0 Å². The molecule has 0 radical (unpaired) electrons. The summed E-state index contributed by atoms with van der Waals surface area (Å²) >= 11 is 0. The van der Waals surface area contributed by atoms with Gasteiger partial charge in [-0.3, -0.25) is 19.4 Å². The SMILES string of the molecule is CC1(C)CCOc2c(C(=O)NC3CN4C(N)=N[C@@H](CNC(=O)c5cc(=O)[nH]c(=O)[nH]5)C5N=C(N)NC54C3(O)O)cccc21. The second-order valence-electron chi connectivity index (χ2n) is 11.6. The first-order valence-corrected chi connectivity index (χ1v) is 13.6. The number of benzene rings is 1. The fraction of sp³-hybridized carbons (Fsp3) is 0.462. The molecule has 228 valence electrons. The van der Waals surface area contributed by atoms with Crippen molar-refractivity contribution in [3.63, 3.8) is 0 Å². The lowest BCUT2D eigenvalue weighted by Crippen LogP contribution is -2.78. The number of carbonyl (C=O) groups excluding carboxylic acids is 2. The molecule has 1 aromatic heterocycles. The normalized spacial score (nSPS) is 27.8. The number of nitrogens with zero attached hydrogens (tertiary/aromatic N) is 3. The number of aromatic amines is 2. The number of guanidine groups is 2. The van der Waals surface area contributed by atoms with E-state index in [9.17, 15) is 29.4 Å². The lowest BCUT2D eigenvalue weighted by atomic mass is 9.79. The third-order valence-corrected chi connectivity index (χ3v) is 8.55. The Balaban J connectivity index is 1.27. The highest BCUT2D eigenvalue weighted by molar-refractivity contribution is 5.98. The molecule has 1 aromatic carbocycles. The molecule has 2 aromatic rings. The first-order valence-electron chi connectivity index (χ1n) is 13.6. The first-order chi connectivity index (χ1) is 20.2. The number of aromatic nitrogens is 2. The number of carbonyl (C=O) groups is 2. The van der Waals surface area contributed by atoms with Crippen molar-refractivity contribution < 1.29 is 24.5 Å². The Labute approximate surface area is 243 Å². The summed E-state index contributed by atoms with van der Waals surface area (Å²) in [5.74, 6) is -3.89. The van der Waals surface area contributed by atoms with Gasteiger partial charge in [0.1, 0.15) is 23.5 Å². The molecule has 2 amide bonds. The van der Waals surface area contributed by atoms with Gasteiger partial charge in [-0.15, -0.1) is 0 Å². The molecule has 0 bridgehead atoms. The summed E-state index contributed by atoms with van der Waals surface area (Å²) in [4.78, 5) is 63.8. The van der Waals surface area contributed by atoms with Gasteiger partial charge in [0, 0.05) is 24.7 Å². The second kappa shape index (κ2) is 9.56. The molecular formula is C26H32N10O7. The molecule has 1 spiro atoms. The predicted octanol–water partition coefficient (Wildman–Crippen LogP) is -3.67. The Hall–Kier alpha value is -4.90. The Morgan fingerprint density at radius 3 is 2.67 bits per heavy atom. The number of nitrogens with two attached hydrogens (primary N) is 2. The van der Waals surface area contributed by atoms with Gasteiger partial charge in [0.15, 0.2) is 17.6 Å². The van der Waals surface area contributed by atoms with Crippen molar-refractivity contribution in [1.29, 1.82) is 0 Å². The highest BCUT2D eigenvalue weighted by Gasteiger charge is 2.73. The molecule has 4 aliphatic heterocycles. The van der Waals surface area contributed by atoms with Crippen LogP contribution in [0.15, 0.2) is 43.8 Å². The molecule has 4 aliphatic rings. The molecule has 0 aliphatic carbocycles. The maximum absolute atomic E-state index is 13.6. The van der Waals surface area contributed by atoms with E-state index in [-0.39, 0.29) is 41.7 Å². The van der Waals surface area contributed by atoms with Crippen molar-refractivity contribution in [1.82, 2.24) is 30.8 Å². The summed E-state index contributed by atoms with van der Waals surface area (Å²) in [5, 5.41) is 31.5. The van der Waals surface area contributed by atoms with E-state index in [1.165, 1.54) is 4.90 Å². The third kappa shape index (κ3) is 4.30. The van der Waals surface area contributed by atoms with Crippen molar-refractivity contribution in [2.75, 3.05) is 19.7 Å². The maximum Gasteiger partial charge on any atom is 0.326 e. The molecule has 17 nitrogen and oxygen atoms in total. The number of amides is 2. The zero-order valence-electron chi connectivity index (χ0n) is 23.3. The van der Waals surface area contributed by atoms with Gasteiger partial charge in [0.25, 0.3) is 17.4 Å². The molecule has 1 saturated heterocycles. The van der Waals surface area contributed by atoms with Crippen LogP contribution in [0.25, 0.3) is 0 Å². The van der Waals surface area contributed by atoms with Crippen LogP contribution >= 0.6 is 0 Å². The largest absolute Gasteiger partial charge is 0.492 e. The van der Waals surface area contributed by atoms with Gasteiger partial charge in [-0.05, 0) is 17.9 Å². The van der Waals surface area contributed by atoms with Crippen molar-refractivity contribution in [2.24, 2.45) is 21.5 Å². The summed E-state index contributed by atoms with van der Waals surface area (Å²) in [7, 11) is 0. The average Bonchev–Trinajstić information content (AvgIpc) is 3.40. The number of nitrogens with one attached hydrogen (secondary N) is 5. The minimum atomic E-state index is -2.70. The quantitative estimate of drug-likeness (QED) is 0.152. The molecule has 5 heterocycles. The molecule has 17 heteroatoms. The van der Waals surface area contributed by atoms with Crippen LogP contribution in [0.1, 0.15) is 46.7 Å². The van der Waals surface area contributed by atoms with E-state index in [0.29, 0.717) is 12.4 Å². The van der Waals surface area contributed by atoms with Crippen molar-refractivity contribution in [3.05, 3.63) is 61.9 Å². The van der Waals surface area contributed by atoms with Crippen molar-refractivity contribution >= 4 is 23.7 Å². The summed E-state index contributed by atoms with van der Waals surface area (Å²) in [6.45, 7) is 4.15. The number of hydrogen-bond donors (Lipinski definition) is 9. The smallest absolute Gasteiger partial charge is 0.326 e. The summed E-state index contributed by atoms with van der Waals surface area (Å²) < 4.78 is 5.87. The predicted molar refractivity (Wildman–Crippen MR) is 151 cm³/mol. The van der Waals surface area contributed by atoms with Gasteiger partial charge in [0.2, 0.25) is 5.79 Å². The van der Waals surface area contributed by atoms with Gasteiger partial charge in [-0.1, -0.05) is 26.0 Å². The third-order valence-electron chi connectivity index (χ3n) is 8.55. The fourth-order valence-electron chi connectivity index (χ4n) is 6.32. The monoisotopic (exact) mass is 596 g/mol. The Kier molecular flexibility index (Phi) is 6.28. The molecule has 0 saturated carbocycles. The standard InChI is InChI=1S/C26H32N10O7/c1-24(2)6-7-43-17-11(4-3-5-12(17)24)19(38)32-15-10-36-22(28)30-14(18-25(36,26(15,41)42)35-21(27)34-18)9-29-20(39)13-8-16(37)33-23(40)31-13/h3-5,8,14-15,18,41-42H,6-7,9-10H2,1-2H3,(H2,28,30)(H,29,39)(H,32,38)(H3,27,34,35)(H2,31,33,37,40)/t14-,15?,18?,25?/m0/s1. The average molecular weight is 597 g/mol. The van der Waals surface area contributed by atoms with Gasteiger partial charge >= 0.3 is 5.69 Å². The first kappa shape index (κ1) is 28.2. The van der Waals surface area contributed by atoms with E-state index in [4.69, 9.17) is 16.2 Å². The Morgan fingerprint density at radius 1 is 1.16 bits per heavy atom. The molecule has 11 N–H and O–H groups in total. The van der Waals surface area contributed by atoms with E-state index in [2.05, 4.69) is 44.8 Å². The van der Waals surface area contributed by atoms with E-state index in [1.807, 2.05) is 11.1 Å². The van der Waals surface area contributed by atoms with Gasteiger partial charge in [-0.25, -0.2) is 14.8 Å². The van der Waals surface area contributed by atoms with Gasteiger partial charge < -0.3 is 52.3 Å². The number of aliphatic hydroxyl groups is 2. The Morgan fingerprint density at radius 2 is 1.93 bits per heavy atom. The zero-order chi connectivity index (χ0) is 30.9. The zero-order valence-corrected chi connectivity index (χ0v) is 23.3. The minimum absolute atomic E-state index is 0.121. The number of H-pyrrole nitrogens is 2. The van der Waals surface area contributed by atoms with Crippen LogP contribution in [-0.4, -0.2) is 98.1 Å². The lowest BCUT2D eigenvalue weighted by Gasteiger charge is -2.49.